The van der Waals surface area contributed by atoms with Crippen LogP contribution in [0.1, 0.15) is 48.3 Å². The van der Waals surface area contributed by atoms with Crippen LogP contribution in [0.5, 0.6) is 0 Å². The zero-order chi connectivity index (χ0) is 17.4. The fourth-order valence-electron chi connectivity index (χ4n) is 4.40. The first kappa shape index (κ1) is 16.3. The van der Waals surface area contributed by atoms with Crippen LogP contribution in [0.15, 0.2) is 36.8 Å². The second-order valence-electron chi connectivity index (χ2n) is 7.69. The number of hydrogen-bond acceptors (Lipinski definition) is 3. The molecule has 0 bridgehead atoms. The summed E-state index contributed by atoms with van der Waals surface area (Å²) in [6.45, 7) is 8.29. The third kappa shape index (κ3) is 2.86. The number of imidazole rings is 1. The lowest BCUT2D eigenvalue weighted by Gasteiger charge is -2.49. The van der Waals surface area contributed by atoms with Crippen molar-refractivity contribution in [3.05, 3.63) is 53.6 Å². The molecule has 1 aromatic heterocycles. The SMILES string of the molecule is CC(C)N1Cc2ccccc2C2(CCN(C(=O)c3cnc[nH]3)CC2)C1. The Balaban J connectivity index is 1.57. The molecule has 1 spiro atoms. The maximum atomic E-state index is 12.6. The second kappa shape index (κ2) is 6.30. The van der Waals surface area contributed by atoms with Gasteiger partial charge in [-0.25, -0.2) is 4.98 Å². The predicted octanol–water partition coefficient (Wildman–Crippen LogP) is 2.81. The van der Waals surface area contributed by atoms with Crippen LogP contribution in [-0.2, 0) is 12.0 Å². The van der Waals surface area contributed by atoms with Gasteiger partial charge >= 0.3 is 0 Å². The molecule has 1 saturated heterocycles. The number of nitrogens with one attached hydrogen (secondary N) is 1. The summed E-state index contributed by atoms with van der Waals surface area (Å²) in [5.74, 6) is 0.0668. The molecule has 1 N–H and O–H groups in total. The normalized spacial score (nSPS) is 20.0. The molecule has 0 saturated carbocycles. The first-order valence-electron chi connectivity index (χ1n) is 9.19. The number of H-pyrrole nitrogens is 1. The van der Waals surface area contributed by atoms with Gasteiger partial charge in [0, 0.05) is 37.6 Å². The van der Waals surface area contributed by atoms with Crippen molar-refractivity contribution in [2.75, 3.05) is 19.6 Å². The summed E-state index contributed by atoms with van der Waals surface area (Å²) in [6, 6.07) is 9.42. The molecule has 1 amide bonds. The number of benzene rings is 1. The molecule has 25 heavy (non-hydrogen) atoms. The fourth-order valence-corrected chi connectivity index (χ4v) is 4.40. The lowest BCUT2D eigenvalue weighted by Crippen LogP contribution is -2.54. The molecule has 5 heteroatoms. The van der Waals surface area contributed by atoms with E-state index in [1.807, 2.05) is 4.90 Å². The molecule has 2 aromatic rings. The van der Waals surface area contributed by atoms with E-state index in [4.69, 9.17) is 0 Å². The highest BCUT2D eigenvalue weighted by molar-refractivity contribution is 5.92. The van der Waals surface area contributed by atoms with Crippen molar-refractivity contribution in [1.82, 2.24) is 19.8 Å². The first-order chi connectivity index (χ1) is 12.1. The molecule has 1 aromatic carbocycles. The molecule has 4 rings (SSSR count). The molecule has 0 atom stereocenters. The van der Waals surface area contributed by atoms with Crippen molar-refractivity contribution >= 4 is 5.91 Å². The van der Waals surface area contributed by atoms with Gasteiger partial charge in [-0.15, -0.1) is 0 Å². The molecule has 3 heterocycles. The minimum absolute atomic E-state index is 0.0668. The van der Waals surface area contributed by atoms with Gasteiger partial charge < -0.3 is 9.88 Å². The van der Waals surface area contributed by atoms with Crippen molar-refractivity contribution < 1.29 is 4.79 Å². The number of amides is 1. The summed E-state index contributed by atoms with van der Waals surface area (Å²) in [7, 11) is 0. The van der Waals surface area contributed by atoms with Crippen molar-refractivity contribution in [3.63, 3.8) is 0 Å². The Morgan fingerprint density at radius 2 is 2.00 bits per heavy atom. The van der Waals surface area contributed by atoms with Crippen LogP contribution < -0.4 is 0 Å². The summed E-state index contributed by atoms with van der Waals surface area (Å²) < 4.78 is 0. The topological polar surface area (TPSA) is 52.2 Å². The molecular formula is C20H26N4O. The lowest BCUT2D eigenvalue weighted by molar-refractivity contribution is 0.0553. The van der Waals surface area contributed by atoms with Crippen LogP contribution in [0.2, 0.25) is 0 Å². The van der Waals surface area contributed by atoms with Gasteiger partial charge in [-0.2, -0.15) is 0 Å². The summed E-state index contributed by atoms with van der Waals surface area (Å²) >= 11 is 0. The number of aromatic nitrogens is 2. The van der Waals surface area contributed by atoms with E-state index in [9.17, 15) is 4.79 Å². The van der Waals surface area contributed by atoms with E-state index in [2.05, 4.69) is 53.0 Å². The van der Waals surface area contributed by atoms with Crippen molar-refractivity contribution in [2.45, 2.75) is 44.7 Å². The van der Waals surface area contributed by atoms with Crippen molar-refractivity contribution in [1.29, 1.82) is 0 Å². The quantitative estimate of drug-likeness (QED) is 0.916. The molecule has 0 unspecified atom stereocenters. The molecule has 5 nitrogen and oxygen atoms in total. The second-order valence-corrected chi connectivity index (χ2v) is 7.69. The number of likely N-dealkylation sites (tertiary alicyclic amines) is 1. The number of fused-ring (bicyclic) bond motifs is 2. The number of aromatic amines is 1. The van der Waals surface area contributed by atoms with Crippen LogP contribution >= 0.6 is 0 Å². The van der Waals surface area contributed by atoms with Crippen LogP contribution in [0.25, 0.3) is 0 Å². The highest BCUT2D eigenvalue weighted by atomic mass is 16.2. The third-order valence-corrected chi connectivity index (χ3v) is 5.93. The van der Waals surface area contributed by atoms with Crippen LogP contribution in [0.4, 0.5) is 0 Å². The molecule has 0 radical (unpaired) electrons. The minimum atomic E-state index is 0.0668. The van der Waals surface area contributed by atoms with Gasteiger partial charge in [-0.3, -0.25) is 9.69 Å². The highest BCUT2D eigenvalue weighted by Crippen LogP contribution is 2.42. The zero-order valence-corrected chi connectivity index (χ0v) is 15.0. The number of rotatable bonds is 2. The predicted molar refractivity (Wildman–Crippen MR) is 97.4 cm³/mol. The average Bonchev–Trinajstić information content (AvgIpc) is 3.16. The first-order valence-corrected chi connectivity index (χ1v) is 9.19. The average molecular weight is 338 g/mol. The van der Waals surface area contributed by atoms with E-state index >= 15 is 0 Å². The summed E-state index contributed by atoms with van der Waals surface area (Å²) in [5.41, 5.74) is 3.71. The summed E-state index contributed by atoms with van der Waals surface area (Å²) in [6.07, 6.45) is 5.22. The van der Waals surface area contributed by atoms with E-state index in [-0.39, 0.29) is 11.3 Å². The maximum Gasteiger partial charge on any atom is 0.271 e. The van der Waals surface area contributed by atoms with E-state index < -0.39 is 0 Å². The third-order valence-electron chi connectivity index (χ3n) is 5.93. The molecule has 0 aliphatic carbocycles. The summed E-state index contributed by atoms with van der Waals surface area (Å²) in [5, 5.41) is 0. The Kier molecular flexibility index (Phi) is 4.12. The van der Waals surface area contributed by atoms with Crippen molar-refractivity contribution in [3.8, 4) is 0 Å². The number of carbonyl (C=O) groups excluding carboxylic acids is 1. The number of piperidine rings is 1. The number of carbonyl (C=O) groups is 1. The molecule has 132 valence electrons. The Morgan fingerprint density at radius 1 is 1.24 bits per heavy atom. The summed E-state index contributed by atoms with van der Waals surface area (Å²) in [4.78, 5) is 24.0. The fraction of sp³-hybridized carbons (Fsp3) is 0.500. The molecule has 1 fully saturated rings. The van der Waals surface area contributed by atoms with Crippen LogP contribution in [0, 0.1) is 0 Å². The van der Waals surface area contributed by atoms with Crippen LogP contribution in [-0.4, -0.2) is 51.4 Å². The number of nitrogens with zero attached hydrogens (tertiary/aromatic N) is 3. The molecule has 2 aliphatic heterocycles. The van der Waals surface area contributed by atoms with E-state index in [0.29, 0.717) is 11.7 Å². The Morgan fingerprint density at radius 3 is 2.68 bits per heavy atom. The van der Waals surface area contributed by atoms with Gasteiger partial charge in [0.2, 0.25) is 0 Å². The smallest absolute Gasteiger partial charge is 0.271 e. The van der Waals surface area contributed by atoms with Gasteiger partial charge in [0.05, 0.1) is 12.5 Å². The highest BCUT2D eigenvalue weighted by Gasteiger charge is 2.43. The van der Waals surface area contributed by atoms with Crippen molar-refractivity contribution in [2.24, 2.45) is 0 Å². The van der Waals surface area contributed by atoms with E-state index in [1.54, 1.807) is 12.5 Å². The lowest BCUT2D eigenvalue weighted by atomic mass is 9.68. The zero-order valence-electron chi connectivity index (χ0n) is 15.0. The minimum Gasteiger partial charge on any atom is -0.341 e. The number of hydrogen-bond donors (Lipinski definition) is 1. The standard InChI is InChI=1S/C20H26N4O/c1-15(2)24-12-16-5-3-4-6-17(16)20(13-24)7-9-23(10-8-20)19(25)18-11-21-14-22-18/h3-6,11,14-15H,7-10,12-13H2,1-2H3,(H,21,22). The van der Waals surface area contributed by atoms with Gasteiger partial charge in [0.1, 0.15) is 5.69 Å². The van der Waals surface area contributed by atoms with Gasteiger partial charge in [-0.1, -0.05) is 24.3 Å². The molecular weight excluding hydrogens is 312 g/mol. The van der Waals surface area contributed by atoms with E-state index in [1.165, 1.54) is 11.1 Å². The van der Waals surface area contributed by atoms with Crippen LogP contribution in [0.3, 0.4) is 0 Å². The monoisotopic (exact) mass is 338 g/mol. The van der Waals surface area contributed by atoms with Gasteiger partial charge in [0.15, 0.2) is 0 Å². The Labute approximate surface area is 149 Å². The molecule has 2 aliphatic rings. The largest absolute Gasteiger partial charge is 0.341 e. The van der Waals surface area contributed by atoms with Gasteiger partial charge in [-0.05, 0) is 37.8 Å². The van der Waals surface area contributed by atoms with E-state index in [0.717, 1.165) is 39.0 Å². The van der Waals surface area contributed by atoms with Gasteiger partial charge in [0.25, 0.3) is 5.91 Å². The maximum absolute atomic E-state index is 12.6. The Bertz CT molecular complexity index is 745. The Hall–Kier alpha value is -2.14.